The minimum Gasteiger partial charge on any atom is -0.353 e. The molecule has 0 saturated heterocycles. The van der Waals surface area contributed by atoms with E-state index < -0.39 is 5.72 Å². The second-order valence-corrected chi connectivity index (χ2v) is 5.08. The van der Waals surface area contributed by atoms with Crippen LogP contribution >= 0.6 is 0 Å². The number of allylic oxidation sites excluding steroid dienone is 1. The number of aliphatic imine (C=N–C) groups is 1. The maximum absolute atomic E-state index is 12.7. The van der Waals surface area contributed by atoms with Gasteiger partial charge in [-0.15, -0.1) is 0 Å². The van der Waals surface area contributed by atoms with Crippen LogP contribution in [0, 0.1) is 5.41 Å². The van der Waals surface area contributed by atoms with Gasteiger partial charge in [0.2, 0.25) is 0 Å². The highest BCUT2D eigenvalue weighted by molar-refractivity contribution is 5.76. The molecule has 0 spiro atoms. The van der Waals surface area contributed by atoms with E-state index in [0.29, 0.717) is 13.0 Å². The molecule has 0 aromatic rings. The molecule has 1 aliphatic rings. The summed E-state index contributed by atoms with van der Waals surface area (Å²) in [4.78, 5) is 4.05. The van der Waals surface area contributed by atoms with Crippen LogP contribution < -0.4 is 0 Å². The van der Waals surface area contributed by atoms with Crippen molar-refractivity contribution in [2.75, 3.05) is 6.61 Å². The van der Waals surface area contributed by atoms with Crippen molar-refractivity contribution in [1.82, 2.24) is 0 Å². The SMILES string of the molecule is CC(C)(C)COC1(C)CC=C(F)C=N1. The molecule has 1 rings (SSSR count). The second-order valence-electron chi connectivity index (χ2n) is 5.08. The molecule has 1 heterocycles. The monoisotopic (exact) mass is 199 g/mol. The summed E-state index contributed by atoms with van der Waals surface area (Å²) >= 11 is 0. The van der Waals surface area contributed by atoms with Gasteiger partial charge < -0.3 is 4.74 Å². The summed E-state index contributed by atoms with van der Waals surface area (Å²) in [7, 11) is 0. The molecule has 0 aromatic heterocycles. The number of nitrogens with zero attached hydrogens (tertiary/aromatic N) is 1. The molecule has 0 radical (unpaired) electrons. The lowest BCUT2D eigenvalue weighted by molar-refractivity contribution is -0.0553. The largest absolute Gasteiger partial charge is 0.353 e. The topological polar surface area (TPSA) is 21.6 Å². The van der Waals surface area contributed by atoms with E-state index in [-0.39, 0.29) is 11.2 Å². The molecule has 0 saturated carbocycles. The Kier molecular flexibility index (Phi) is 3.10. The molecule has 14 heavy (non-hydrogen) atoms. The summed E-state index contributed by atoms with van der Waals surface area (Å²) in [6, 6.07) is 0. The molecule has 1 atom stereocenters. The van der Waals surface area contributed by atoms with Gasteiger partial charge in [-0.05, 0) is 18.4 Å². The van der Waals surface area contributed by atoms with Crippen molar-refractivity contribution in [3.8, 4) is 0 Å². The number of ether oxygens (including phenoxy) is 1. The van der Waals surface area contributed by atoms with Crippen molar-refractivity contribution >= 4 is 6.21 Å². The predicted molar refractivity (Wildman–Crippen MR) is 56.1 cm³/mol. The van der Waals surface area contributed by atoms with Crippen LogP contribution in [0.2, 0.25) is 0 Å². The zero-order valence-corrected chi connectivity index (χ0v) is 9.30. The first kappa shape index (κ1) is 11.4. The lowest BCUT2D eigenvalue weighted by Gasteiger charge is -2.30. The highest BCUT2D eigenvalue weighted by Crippen LogP contribution is 2.26. The van der Waals surface area contributed by atoms with Crippen molar-refractivity contribution in [3.63, 3.8) is 0 Å². The average Bonchev–Trinajstić information content (AvgIpc) is 2.07. The first-order valence-corrected chi connectivity index (χ1v) is 4.86. The van der Waals surface area contributed by atoms with E-state index in [2.05, 4.69) is 25.8 Å². The van der Waals surface area contributed by atoms with Crippen LogP contribution in [0.15, 0.2) is 16.9 Å². The normalized spacial score (nSPS) is 27.6. The van der Waals surface area contributed by atoms with Gasteiger partial charge in [0, 0.05) is 6.42 Å². The molecule has 1 unspecified atom stereocenters. The fraction of sp³-hybridized carbons (Fsp3) is 0.727. The lowest BCUT2D eigenvalue weighted by Crippen LogP contribution is -2.31. The Bertz CT molecular complexity index is 265. The molecule has 2 nitrogen and oxygen atoms in total. The first-order chi connectivity index (χ1) is 6.31. The molecule has 0 bridgehead atoms. The Morgan fingerprint density at radius 1 is 1.57 bits per heavy atom. The third-order valence-electron chi connectivity index (χ3n) is 1.95. The number of dihydropyridines is 1. The van der Waals surface area contributed by atoms with Gasteiger partial charge in [-0.1, -0.05) is 20.8 Å². The second kappa shape index (κ2) is 3.81. The fourth-order valence-electron chi connectivity index (χ4n) is 1.06. The molecule has 0 aliphatic carbocycles. The molecule has 1 aliphatic heterocycles. The van der Waals surface area contributed by atoms with Crippen LogP contribution in [0.5, 0.6) is 0 Å². The summed E-state index contributed by atoms with van der Waals surface area (Å²) in [6.07, 6.45) is 3.24. The van der Waals surface area contributed by atoms with Crippen molar-refractivity contribution in [2.24, 2.45) is 10.4 Å². The van der Waals surface area contributed by atoms with Crippen LogP contribution in [0.3, 0.4) is 0 Å². The summed E-state index contributed by atoms with van der Waals surface area (Å²) in [5, 5.41) is 0. The Labute approximate surface area is 84.9 Å². The minimum absolute atomic E-state index is 0.109. The van der Waals surface area contributed by atoms with Gasteiger partial charge in [-0.25, -0.2) is 4.39 Å². The zero-order chi connectivity index (χ0) is 10.8. The van der Waals surface area contributed by atoms with Gasteiger partial charge in [-0.3, -0.25) is 4.99 Å². The lowest BCUT2D eigenvalue weighted by atomic mass is 9.98. The van der Waals surface area contributed by atoms with Crippen molar-refractivity contribution < 1.29 is 9.13 Å². The smallest absolute Gasteiger partial charge is 0.159 e. The van der Waals surface area contributed by atoms with Crippen LogP contribution in [0.25, 0.3) is 0 Å². The number of hydrogen-bond donors (Lipinski definition) is 0. The van der Waals surface area contributed by atoms with Gasteiger partial charge >= 0.3 is 0 Å². The predicted octanol–water partition coefficient (Wildman–Crippen LogP) is 3.09. The summed E-state index contributed by atoms with van der Waals surface area (Å²) in [5.41, 5.74) is -0.471. The van der Waals surface area contributed by atoms with Crippen LogP contribution in [-0.4, -0.2) is 18.5 Å². The van der Waals surface area contributed by atoms with Gasteiger partial charge in [-0.2, -0.15) is 0 Å². The van der Waals surface area contributed by atoms with Crippen LogP contribution in [0.1, 0.15) is 34.1 Å². The summed E-state index contributed by atoms with van der Waals surface area (Å²) < 4.78 is 18.3. The van der Waals surface area contributed by atoms with E-state index >= 15 is 0 Å². The van der Waals surface area contributed by atoms with E-state index in [1.807, 2.05) is 6.92 Å². The maximum atomic E-state index is 12.7. The molecule has 0 aromatic carbocycles. The third kappa shape index (κ3) is 3.58. The Hall–Kier alpha value is -0.700. The van der Waals surface area contributed by atoms with E-state index in [4.69, 9.17) is 4.74 Å². The maximum Gasteiger partial charge on any atom is 0.159 e. The highest BCUT2D eigenvalue weighted by atomic mass is 19.1. The van der Waals surface area contributed by atoms with Gasteiger partial charge in [0.1, 0.15) is 5.83 Å². The Balaban J connectivity index is 2.50. The highest BCUT2D eigenvalue weighted by Gasteiger charge is 2.27. The average molecular weight is 199 g/mol. The fourth-order valence-corrected chi connectivity index (χ4v) is 1.06. The first-order valence-electron chi connectivity index (χ1n) is 4.86. The number of rotatable bonds is 2. The number of halogens is 1. The van der Waals surface area contributed by atoms with Crippen molar-refractivity contribution in [2.45, 2.75) is 39.8 Å². The third-order valence-corrected chi connectivity index (χ3v) is 1.95. The Morgan fingerprint density at radius 2 is 2.21 bits per heavy atom. The molecular weight excluding hydrogens is 181 g/mol. The quantitative estimate of drug-likeness (QED) is 0.669. The minimum atomic E-state index is -0.580. The summed E-state index contributed by atoms with van der Waals surface area (Å²) in [5.74, 6) is -0.276. The van der Waals surface area contributed by atoms with E-state index in [1.54, 1.807) is 0 Å². The van der Waals surface area contributed by atoms with Gasteiger partial charge in [0.25, 0.3) is 0 Å². The summed E-state index contributed by atoms with van der Waals surface area (Å²) in [6.45, 7) is 8.78. The van der Waals surface area contributed by atoms with Crippen molar-refractivity contribution in [3.05, 3.63) is 11.9 Å². The van der Waals surface area contributed by atoms with E-state index in [0.717, 1.165) is 0 Å². The van der Waals surface area contributed by atoms with Crippen molar-refractivity contribution in [1.29, 1.82) is 0 Å². The molecule has 0 fully saturated rings. The van der Waals surface area contributed by atoms with Gasteiger partial charge in [0.15, 0.2) is 5.72 Å². The molecule has 80 valence electrons. The molecule has 0 N–H and O–H groups in total. The molecular formula is C11H18FNO. The number of hydrogen-bond acceptors (Lipinski definition) is 2. The Morgan fingerprint density at radius 3 is 2.64 bits per heavy atom. The van der Waals surface area contributed by atoms with Crippen LogP contribution in [0.4, 0.5) is 4.39 Å². The van der Waals surface area contributed by atoms with Gasteiger partial charge in [0.05, 0.1) is 12.8 Å². The molecule has 3 heteroatoms. The van der Waals surface area contributed by atoms with Crippen LogP contribution in [-0.2, 0) is 4.74 Å². The standard InChI is InChI=1S/C11H18FNO/c1-10(2,3)8-14-11(4)6-5-9(12)7-13-11/h5,7H,6,8H2,1-4H3. The zero-order valence-electron chi connectivity index (χ0n) is 9.30. The molecule has 0 amide bonds. The van der Waals surface area contributed by atoms with E-state index in [9.17, 15) is 4.39 Å². The van der Waals surface area contributed by atoms with E-state index in [1.165, 1.54) is 12.3 Å².